The lowest BCUT2D eigenvalue weighted by atomic mass is 10.3. The van der Waals surface area contributed by atoms with Crippen molar-refractivity contribution >= 4 is 27.8 Å². The van der Waals surface area contributed by atoms with Gasteiger partial charge in [-0.2, -0.15) is 9.59 Å². The molecule has 0 aromatic heterocycles. The van der Waals surface area contributed by atoms with Gasteiger partial charge in [-0.15, -0.1) is 0 Å². The Morgan fingerprint density at radius 1 is 1.55 bits per heavy atom. The van der Waals surface area contributed by atoms with E-state index in [0.29, 0.717) is 17.9 Å². The number of nitro groups is 1. The van der Waals surface area contributed by atoms with Crippen molar-refractivity contribution in [1.29, 1.82) is 0 Å². The molecule has 0 atom stereocenters. The summed E-state index contributed by atoms with van der Waals surface area (Å²) in [6, 6.07) is 5.40. The molecule has 1 aromatic carbocycles. The quantitative estimate of drug-likeness (QED) is 0.651. The molecule has 0 aliphatic heterocycles. The summed E-state index contributed by atoms with van der Waals surface area (Å²) in [6.07, 6.45) is 1.99. The molecule has 0 unspecified atom stereocenters. The number of benzene rings is 1. The van der Waals surface area contributed by atoms with Crippen LogP contribution in [0.25, 0.3) is 0 Å². The monoisotopic (exact) mass is 344 g/mol. The third kappa shape index (κ3) is 6.12. The maximum absolute atomic E-state index is 10.6. The van der Waals surface area contributed by atoms with E-state index in [4.69, 9.17) is 14.3 Å². The molecule has 0 saturated heterocycles. The molecule has 0 aliphatic carbocycles. The Bertz CT molecular complexity index is 525. The van der Waals surface area contributed by atoms with Gasteiger partial charge < -0.3 is 10.1 Å². The second-order valence-electron chi connectivity index (χ2n) is 3.32. The number of hydrogen-bond donors (Lipinski definition) is 1. The number of anilines is 1. The van der Waals surface area contributed by atoms with Gasteiger partial charge in [0.1, 0.15) is 5.75 Å². The minimum atomic E-state index is -0.404. The zero-order chi connectivity index (χ0) is 15.5. The van der Waals surface area contributed by atoms with Gasteiger partial charge in [0.25, 0.3) is 5.70 Å². The fraction of sp³-hybridized carbons (Fsp3) is 0.250. The van der Waals surface area contributed by atoms with Crippen LogP contribution in [-0.2, 0) is 9.59 Å². The zero-order valence-corrected chi connectivity index (χ0v) is 12.5. The van der Waals surface area contributed by atoms with Gasteiger partial charge in [-0.25, -0.2) is 0 Å². The second kappa shape index (κ2) is 9.71. The van der Waals surface area contributed by atoms with Crippen molar-refractivity contribution in [3.8, 4) is 5.75 Å². The van der Waals surface area contributed by atoms with Gasteiger partial charge >= 0.3 is 6.15 Å². The molecule has 8 heteroatoms. The van der Waals surface area contributed by atoms with Crippen LogP contribution in [-0.4, -0.2) is 18.2 Å². The van der Waals surface area contributed by atoms with E-state index in [2.05, 4.69) is 21.2 Å². The maximum atomic E-state index is 10.6. The Morgan fingerprint density at radius 2 is 2.15 bits per heavy atom. The van der Waals surface area contributed by atoms with Crippen LogP contribution in [0, 0.1) is 10.1 Å². The number of rotatable bonds is 5. The number of ether oxygens (including phenoxy) is 1. The molecule has 0 bridgehead atoms. The molecule has 0 radical (unpaired) electrons. The van der Waals surface area contributed by atoms with E-state index in [-0.39, 0.29) is 11.8 Å². The lowest BCUT2D eigenvalue weighted by Gasteiger charge is -2.08. The third-order valence-corrected chi connectivity index (χ3v) is 2.65. The van der Waals surface area contributed by atoms with Crippen molar-refractivity contribution in [2.45, 2.75) is 13.3 Å². The number of methoxy groups -OCH3 is 1. The molecule has 1 aromatic rings. The van der Waals surface area contributed by atoms with Crippen molar-refractivity contribution in [3.05, 3.63) is 44.7 Å². The van der Waals surface area contributed by atoms with Crippen LogP contribution >= 0.6 is 15.9 Å². The van der Waals surface area contributed by atoms with E-state index < -0.39 is 4.92 Å². The third-order valence-electron chi connectivity index (χ3n) is 2.15. The predicted octanol–water partition coefficient (Wildman–Crippen LogP) is 2.81. The van der Waals surface area contributed by atoms with E-state index in [0.717, 1.165) is 4.47 Å². The number of hydrogen-bond acceptors (Lipinski definition) is 6. The standard InChI is InChI=1S/C11H13BrN2O3.CO2/c1-3-9(14(15)16)7-13-10-5-4-8(12)6-11(10)17-2;2-1-3/h4-7,13H,3H2,1-2H3;. The topological polar surface area (TPSA) is 98.5 Å². The number of nitrogens with zero attached hydrogens (tertiary/aromatic N) is 1. The molecule has 0 amide bonds. The molecule has 0 aliphatic rings. The normalized spacial score (nSPS) is 9.85. The van der Waals surface area contributed by atoms with E-state index in [1.807, 2.05) is 6.07 Å². The summed E-state index contributed by atoms with van der Waals surface area (Å²) in [7, 11) is 1.55. The van der Waals surface area contributed by atoms with Gasteiger partial charge in [0.05, 0.1) is 23.9 Å². The Hall–Kier alpha value is -2.18. The van der Waals surface area contributed by atoms with Crippen molar-refractivity contribution < 1.29 is 19.2 Å². The first-order valence-electron chi connectivity index (χ1n) is 5.42. The van der Waals surface area contributed by atoms with Crippen molar-refractivity contribution in [2.75, 3.05) is 12.4 Å². The van der Waals surface area contributed by atoms with Gasteiger partial charge in [0.15, 0.2) is 0 Å². The molecule has 7 nitrogen and oxygen atoms in total. The molecule has 1 rings (SSSR count). The smallest absolute Gasteiger partial charge is 0.373 e. The first-order chi connectivity index (χ1) is 9.49. The van der Waals surface area contributed by atoms with Crippen LogP contribution in [0.3, 0.4) is 0 Å². The Morgan fingerprint density at radius 3 is 2.60 bits per heavy atom. The Labute approximate surface area is 123 Å². The molecule has 0 spiro atoms. The van der Waals surface area contributed by atoms with Gasteiger partial charge in [-0.05, 0) is 18.2 Å². The van der Waals surface area contributed by atoms with E-state index >= 15 is 0 Å². The predicted molar refractivity (Wildman–Crippen MR) is 74.7 cm³/mol. The van der Waals surface area contributed by atoms with E-state index in [9.17, 15) is 10.1 Å². The minimum Gasteiger partial charge on any atom is -0.495 e. The van der Waals surface area contributed by atoms with Gasteiger partial charge in [-0.1, -0.05) is 22.9 Å². The maximum Gasteiger partial charge on any atom is 0.373 e. The highest BCUT2D eigenvalue weighted by molar-refractivity contribution is 9.10. The highest BCUT2D eigenvalue weighted by Crippen LogP contribution is 2.28. The molecule has 1 N–H and O–H groups in total. The molecular weight excluding hydrogens is 332 g/mol. The fourth-order valence-electron chi connectivity index (χ4n) is 1.23. The SMILES string of the molecule is CCC(=CNc1ccc(Br)cc1OC)[N+](=O)[O-].O=C=O. The second-order valence-corrected chi connectivity index (χ2v) is 4.23. The van der Waals surface area contributed by atoms with E-state index in [1.54, 1.807) is 26.2 Å². The molecule has 20 heavy (non-hydrogen) atoms. The summed E-state index contributed by atoms with van der Waals surface area (Å²) in [5.41, 5.74) is 0.804. The van der Waals surface area contributed by atoms with Gasteiger partial charge in [0.2, 0.25) is 0 Å². The average molecular weight is 345 g/mol. The highest BCUT2D eigenvalue weighted by atomic mass is 79.9. The van der Waals surface area contributed by atoms with Crippen molar-refractivity contribution in [3.63, 3.8) is 0 Å². The van der Waals surface area contributed by atoms with Crippen LogP contribution in [0.15, 0.2) is 34.6 Å². The van der Waals surface area contributed by atoms with E-state index in [1.165, 1.54) is 6.20 Å². The minimum absolute atomic E-state index is 0.120. The number of allylic oxidation sites excluding steroid dienone is 1. The zero-order valence-electron chi connectivity index (χ0n) is 10.9. The first-order valence-corrected chi connectivity index (χ1v) is 6.22. The number of halogens is 1. The van der Waals surface area contributed by atoms with Gasteiger partial charge in [0, 0.05) is 10.9 Å². The number of carbonyl (C=O) groups excluding carboxylic acids is 2. The Kier molecular flexibility index (Phi) is 8.65. The summed E-state index contributed by atoms with van der Waals surface area (Å²) in [4.78, 5) is 26.5. The van der Waals surface area contributed by atoms with Crippen LogP contribution in [0.1, 0.15) is 13.3 Å². The van der Waals surface area contributed by atoms with Crippen LogP contribution in [0.5, 0.6) is 5.75 Å². The molecule has 108 valence electrons. The summed E-state index contributed by atoms with van der Waals surface area (Å²) in [5, 5.41) is 13.5. The largest absolute Gasteiger partial charge is 0.495 e. The number of nitrogens with one attached hydrogen (secondary N) is 1. The lowest BCUT2D eigenvalue weighted by Crippen LogP contribution is -2.01. The lowest BCUT2D eigenvalue weighted by molar-refractivity contribution is -0.427. The van der Waals surface area contributed by atoms with Crippen LogP contribution in [0.4, 0.5) is 5.69 Å². The highest BCUT2D eigenvalue weighted by Gasteiger charge is 2.08. The summed E-state index contributed by atoms with van der Waals surface area (Å²) >= 11 is 3.32. The molecule has 0 heterocycles. The Balaban J connectivity index is 0.00000110. The van der Waals surface area contributed by atoms with Crippen LogP contribution < -0.4 is 10.1 Å². The first kappa shape index (κ1) is 17.8. The fourth-order valence-corrected chi connectivity index (χ4v) is 1.57. The summed E-state index contributed by atoms with van der Waals surface area (Å²) < 4.78 is 6.04. The molecule has 0 saturated carbocycles. The summed E-state index contributed by atoms with van der Waals surface area (Å²) in [5.74, 6) is 0.620. The average Bonchev–Trinajstić information content (AvgIpc) is 2.41. The van der Waals surface area contributed by atoms with Crippen molar-refractivity contribution in [1.82, 2.24) is 0 Å². The summed E-state index contributed by atoms with van der Waals surface area (Å²) in [6.45, 7) is 1.73. The molecular formula is C12H13BrN2O5. The van der Waals surface area contributed by atoms with Gasteiger partial charge in [-0.3, -0.25) is 10.1 Å². The molecule has 0 fully saturated rings. The van der Waals surface area contributed by atoms with Crippen molar-refractivity contribution in [2.24, 2.45) is 0 Å². The van der Waals surface area contributed by atoms with Crippen LogP contribution in [0.2, 0.25) is 0 Å².